The number of hydrogen-bond acceptors (Lipinski definition) is 3. The van der Waals surface area contributed by atoms with Crippen molar-refractivity contribution in [2.45, 2.75) is 39.4 Å². The minimum absolute atomic E-state index is 0.0512. The summed E-state index contributed by atoms with van der Waals surface area (Å²) in [6.07, 6.45) is 0. The fourth-order valence-electron chi connectivity index (χ4n) is 1.73. The molecule has 96 valence electrons. The van der Waals surface area contributed by atoms with Crippen molar-refractivity contribution in [1.82, 2.24) is 4.90 Å². The van der Waals surface area contributed by atoms with Crippen LogP contribution in [0.25, 0.3) is 0 Å². The first-order valence-electron chi connectivity index (χ1n) is 6.01. The Balaban J connectivity index is 2.98. The van der Waals surface area contributed by atoms with Crippen molar-refractivity contribution in [3.8, 4) is 6.07 Å². The lowest BCUT2D eigenvalue weighted by molar-refractivity contribution is -0.134. The molecule has 0 aromatic heterocycles. The summed E-state index contributed by atoms with van der Waals surface area (Å²) in [5.41, 5.74) is 7.09. The Hall–Kier alpha value is -1.86. The molecule has 4 heteroatoms. The smallest absolute Gasteiger partial charge is 0.239 e. The van der Waals surface area contributed by atoms with Crippen molar-refractivity contribution in [2.24, 2.45) is 5.73 Å². The molecule has 1 aromatic carbocycles. The molecule has 4 nitrogen and oxygen atoms in total. The van der Waals surface area contributed by atoms with Crippen LogP contribution >= 0.6 is 0 Å². The average Bonchev–Trinajstić information content (AvgIpc) is 2.35. The zero-order valence-electron chi connectivity index (χ0n) is 11.1. The highest BCUT2D eigenvalue weighted by atomic mass is 16.2. The molecule has 0 aliphatic carbocycles. The van der Waals surface area contributed by atoms with Crippen LogP contribution in [0.4, 0.5) is 0 Å². The van der Waals surface area contributed by atoms with Gasteiger partial charge in [0.2, 0.25) is 5.91 Å². The molecule has 0 fully saturated rings. The van der Waals surface area contributed by atoms with Gasteiger partial charge in [0.25, 0.3) is 0 Å². The molecule has 0 aliphatic rings. The van der Waals surface area contributed by atoms with E-state index < -0.39 is 6.04 Å². The number of carbonyl (C=O) groups excluding carboxylic acids is 1. The van der Waals surface area contributed by atoms with Gasteiger partial charge < -0.3 is 10.6 Å². The number of nitriles is 1. The average molecular weight is 245 g/mol. The van der Waals surface area contributed by atoms with Crippen LogP contribution in [0.15, 0.2) is 24.3 Å². The van der Waals surface area contributed by atoms with Crippen molar-refractivity contribution < 1.29 is 4.79 Å². The molecule has 0 bridgehead atoms. The third-order valence-corrected chi connectivity index (χ3v) is 2.77. The van der Waals surface area contributed by atoms with Gasteiger partial charge in [0.15, 0.2) is 0 Å². The van der Waals surface area contributed by atoms with Crippen LogP contribution in [0.3, 0.4) is 0 Å². The predicted molar refractivity (Wildman–Crippen MR) is 70.5 cm³/mol. The zero-order chi connectivity index (χ0) is 13.7. The Labute approximate surface area is 108 Å². The van der Waals surface area contributed by atoms with Gasteiger partial charge in [0.1, 0.15) is 0 Å². The third kappa shape index (κ3) is 3.31. The number of rotatable bonds is 4. The van der Waals surface area contributed by atoms with Gasteiger partial charge in [0.05, 0.1) is 17.7 Å². The first-order valence-corrected chi connectivity index (χ1v) is 6.01. The number of hydrogen-bond donors (Lipinski definition) is 1. The summed E-state index contributed by atoms with van der Waals surface area (Å²) in [6, 6.07) is 8.96. The highest BCUT2D eigenvalue weighted by Crippen LogP contribution is 2.13. The van der Waals surface area contributed by atoms with Crippen LogP contribution < -0.4 is 5.73 Å². The van der Waals surface area contributed by atoms with Crippen LogP contribution in [0, 0.1) is 11.3 Å². The number of benzene rings is 1. The van der Waals surface area contributed by atoms with E-state index in [2.05, 4.69) is 6.07 Å². The monoisotopic (exact) mass is 245 g/mol. The van der Waals surface area contributed by atoms with E-state index in [-0.39, 0.29) is 11.9 Å². The molecule has 1 atom stereocenters. The Bertz CT molecular complexity index is 460. The Morgan fingerprint density at radius 3 is 2.50 bits per heavy atom. The maximum atomic E-state index is 12.0. The maximum Gasteiger partial charge on any atom is 0.239 e. The summed E-state index contributed by atoms with van der Waals surface area (Å²) in [5.74, 6) is -0.0993. The molecule has 0 saturated carbocycles. The molecular formula is C14H19N3O. The van der Waals surface area contributed by atoms with Gasteiger partial charge >= 0.3 is 0 Å². The molecule has 0 unspecified atom stereocenters. The van der Waals surface area contributed by atoms with Crippen molar-refractivity contribution >= 4 is 5.91 Å². The van der Waals surface area contributed by atoms with Crippen molar-refractivity contribution in [1.29, 1.82) is 5.26 Å². The molecule has 2 N–H and O–H groups in total. The van der Waals surface area contributed by atoms with Crippen LogP contribution in [-0.4, -0.2) is 22.9 Å². The van der Waals surface area contributed by atoms with E-state index in [0.717, 1.165) is 5.56 Å². The van der Waals surface area contributed by atoms with Crippen LogP contribution in [0.5, 0.6) is 0 Å². The molecule has 1 aromatic rings. The van der Waals surface area contributed by atoms with E-state index in [0.29, 0.717) is 12.1 Å². The lowest BCUT2D eigenvalue weighted by atomic mass is 10.1. The second-order valence-corrected chi connectivity index (χ2v) is 4.62. The Kier molecular flexibility index (Phi) is 4.87. The van der Waals surface area contributed by atoms with Gasteiger partial charge in [-0.15, -0.1) is 0 Å². The van der Waals surface area contributed by atoms with Crippen molar-refractivity contribution in [3.63, 3.8) is 0 Å². The third-order valence-electron chi connectivity index (χ3n) is 2.77. The first-order chi connectivity index (χ1) is 8.47. The summed E-state index contributed by atoms with van der Waals surface area (Å²) in [5, 5.41) is 9.04. The fourth-order valence-corrected chi connectivity index (χ4v) is 1.73. The lowest BCUT2D eigenvalue weighted by Crippen LogP contribution is -2.45. The van der Waals surface area contributed by atoms with Crippen LogP contribution in [0.2, 0.25) is 0 Å². The fraction of sp³-hybridized carbons (Fsp3) is 0.429. The molecule has 0 aliphatic heterocycles. The molecule has 0 saturated heterocycles. The van der Waals surface area contributed by atoms with E-state index in [1.165, 1.54) is 0 Å². The minimum atomic E-state index is -0.526. The van der Waals surface area contributed by atoms with Crippen molar-refractivity contribution in [3.05, 3.63) is 35.4 Å². The summed E-state index contributed by atoms with van der Waals surface area (Å²) < 4.78 is 0. The van der Waals surface area contributed by atoms with Gasteiger partial charge in [0, 0.05) is 12.6 Å². The lowest BCUT2D eigenvalue weighted by Gasteiger charge is -2.28. The normalized spacial score (nSPS) is 12.0. The minimum Gasteiger partial charge on any atom is -0.335 e. The highest BCUT2D eigenvalue weighted by molar-refractivity contribution is 5.81. The van der Waals surface area contributed by atoms with Gasteiger partial charge in [-0.2, -0.15) is 5.26 Å². The van der Waals surface area contributed by atoms with Gasteiger partial charge in [-0.05, 0) is 32.4 Å². The molecule has 0 spiro atoms. The van der Waals surface area contributed by atoms with E-state index >= 15 is 0 Å². The number of nitrogens with two attached hydrogens (primary N) is 1. The van der Waals surface area contributed by atoms with E-state index in [1.807, 2.05) is 32.0 Å². The Morgan fingerprint density at radius 2 is 2.00 bits per heavy atom. The second kappa shape index (κ2) is 6.18. The maximum absolute atomic E-state index is 12.0. The van der Waals surface area contributed by atoms with Gasteiger partial charge in [-0.3, -0.25) is 4.79 Å². The van der Waals surface area contributed by atoms with Gasteiger partial charge in [-0.25, -0.2) is 0 Å². The largest absolute Gasteiger partial charge is 0.335 e. The van der Waals surface area contributed by atoms with E-state index in [9.17, 15) is 4.79 Å². The van der Waals surface area contributed by atoms with Gasteiger partial charge in [-0.1, -0.05) is 18.2 Å². The van der Waals surface area contributed by atoms with Crippen LogP contribution in [0.1, 0.15) is 31.9 Å². The predicted octanol–water partition coefficient (Wildman–Crippen LogP) is 1.64. The summed E-state index contributed by atoms with van der Waals surface area (Å²) in [7, 11) is 0. The molecule has 0 radical (unpaired) electrons. The SMILES string of the molecule is CC(C)N(Cc1ccccc1C#N)C(=O)[C@H](C)N. The molecule has 18 heavy (non-hydrogen) atoms. The standard InChI is InChI=1S/C14H19N3O/c1-10(2)17(14(18)11(3)16)9-13-7-5-4-6-12(13)8-15/h4-7,10-11H,9,16H2,1-3H3/t11-/m0/s1. The topological polar surface area (TPSA) is 70.1 Å². The number of amides is 1. The number of nitrogens with zero attached hydrogens (tertiary/aromatic N) is 2. The molecule has 1 rings (SSSR count). The molecule has 0 heterocycles. The van der Waals surface area contributed by atoms with Crippen molar-refractivity contribution in [2.75, 3.05) is 0 Å². The number of carbonyl (C=O) groups is 1. The summed E-state index contributed by atoms with van der Waals surface area (Å²) in [4.78, 5) is 13.7. The van der Waals surface area contributed by atoms with E-state index in [4.69, 9.17) is 11.0 Å². The van der Waals surface area contributed by atoms with E-state index in [1.54, 1.807) is 17.9 Å². The summed E-state index contributed by atoms with van der Waals surface area (Å²) in [6.45, 7) is 5.97. The highest BCUT2D eigenvalue weighted by Gasteiger charge is 2.21. The second-order valence-electron chi connectivity index (χ2n) is 4.62. The summed E-state index contributed by atoms with van der Waals surface area (Å²) >= 11 is 0. The Morgan fingerprint density at radius 1 is 1.39 bits per heavy atom. The first kappa shape index (κ1) is 14.2. The zero-order valence-corrected chi connectivity index (χ0v) is 11.1. The molecular weight excluding hydrogens is 226 g/mol. The quantitative estimate of drug-likeness (QED) is 0.876. The molecule has 1 amide bonds. The van der Waals surface area contributed by atoms with Crippen LogP contribution in [-0.2, 0) is 11.3 Å².